The van der Waals surface area contributed by atoms with Crippen molar-refractivity contribution in [1.82, 2.24) is 0 Å². The van der Waals surface area contributed by atoms with Gasteiger partial charge in [-0.25, -0.2) is 4.79 Å². The van der Waals surface area contributed by atoms with E-state index in [1.54, 1.807) is 42.5 Å². The van der Waals surface area contributed by atoms with Crippen molar-refractivity contribution in [3.05, 3.63) is 59.7 Å². The van der Waals surface area contributed by atoms with Gasteiger partial charge in [-0.3, -0.25) is 4.79 Å². The topological polar surface area (TPSA) is 64.6 Å². The molecule has 0 aliphatic carbocycles. The molecule has 0 aliphatic rings. The van der Waals surface area contributed by atoms with Gasteiger partial charge in [0.05, 0.1) is 25.0 Å². The van der Waals surface area contributed by atoms with Crippen LogP contribution in [-0.4, -0.2) is 25.6 Å². The second-order valence-electron chi connectivity index (χ2n) is 5.22. The number of amides is 1. The summed E-state index contributed by atoms with van der Waals surface area (Å²) in [6, 6.07) is 13.7. The van der Waals surface area contributed by atoms with Crippen molar-refractivity contribution in [2.75, 3.05) is 19.0 Å². The van der Waals surface area contributed by atoms with Crippen molar-refractivity contribution >= 4 is 17.6 Å². The monoisotopic (exact) mass is 327 g/mol. The Morgan fingerprint density at radius 2 is 1.88 bits per heavy atom. The molecule has 0 unspecified atom stereocenters. The lowest BCUT2D eigenvalue weighted by Gasteiger charge is -2.11. The molecule has 1 N–H and O–H groups in total. The molecular weight excluding hydrogens is 306 g/mol. The van der Waals surface area contributed by atoms with E-state index >= 15 is 0 Å². The molecule has 0 atom stereocenters. The summed E-state index contributed by atoms with van der Waals surface area (Å²) in [5.41, 5.74) is 1.18. The highest BCUT2D eigenvalue weighted by molar-refractivity contribution is 6.08. The zero-order valence-electron chi connectivity index (χ0n) is 13.9. The second-order valence-corrected chi connectivity index (χ2v) is 5.22. The first kappa shape index (κ1) is 17.5. The molecule has 0 saturated carbocycles. The Hall–Kier alpha value is -2.82. The molecule has 0 aliphatic heterocycles. The normalized spacial score (nSPS) is 10.1. The lowest BCUT2D eigenvalue weighted by atomic mass is 10.1. The molecule has 0 spiro atoms. The first-order chi connectivity index (χ1) is 11.7. The fourth-order valence-electron chi connectivity index (χ4n) is 2.14. The highest BCUT2D eigenvalue weighted by Crippen LogP contribution is 2.19. The second kappa shape index (κ2) is 8.72. The summed E-state index contributed by atoms with van der Waals surface area (Å²) >= 11 is 0. The predicted molar refractivity (Wildman–Crippen MR) is 92.6 cm³/mol. The van der Waals surface area contributed by atoms with Crippen LogP contribution >= 0.6 is 0 Å². The molecule has 0 fully saturated rings. The van der Waals surface area contributed by atoms with Crippen LogP contribution in [0.5, 0.6) is 5.75 Å². The summed E-state index contributed by atoms with van der Waals surface area (Å²) in [5, 5.41) is 2.74. The van der Waals surface area contributed by atoms with Crippen LogP contribution in [0.25, 0.3) is 0 Å². The third-order valence-corrected chi connectivity index (χ3v) is 3.44. The Morgan fingerprint density at radius 3 is 2.62 bits per heavy atom. The molecule has 5 nitrogen and oxygen atoms in total. The predicted octanol–water partition coefficient (Wildman–Crippen LogP) is 3.90. The van der Waals surface area contributed by atoms with Crippen LogP contribution in [0.15, 0.2) is 48.5 Å². The first-order valence-electron chi connectivity index (χ1n) is 7.87. The van der Waals surface area contributed by atoms with Crippen LogP contribution in [-0.2, 0) is 4.74 Å². The summed E-state index contributed by atoms with van der Waals surface area (Å²) in [6.45, 7) is 2.71. The zero-order valence-corrected chi connectivity index (χ0v) is 13.9. The van der Waals surface area contributed by atoms with E-state index in [2.05, 4.69) is 12.2 Å². The average Bonchev–Trinajstić information content (AvgIpc) is 2.62. The highest BCUT2D eigenvalue weighted by atomic mass is 16.5. The standard InChI is InChI=1S/C19H21NO4/c1-3-4-12-24-15-9-7-8-14(13-15)18(21)20-17-11-6-5-10-16(17)19(22)23-2/h5-11,13H,3-4,12H2,1-2H3,(H,20,21). The van der Waals surface area contributed by atoms with E-state index in [1.807, 2.05) is 6.07 Å². The Labute approximate surface area is 141 Å². The quantitative estimate of drug-likeness (QED) is 0.619. The van der Waals surface area contributed by atoms with Gasteiger partial charge in [-0.05, 0) is 36.8 Å². The summed E-state index contributed by atoms with van der Waals surface area (Å²) < 4.78 is 10.3. The van der Waals surface area contributed by atoms with E-state index in [9.17, 15) is 9.59 Å². The number of carbonyl (C=O) groups is 2. The van der Waals surface area contributed by atoms with E-state index in [-0.39, 0.29) is 5.91 Å². The maximum atomic E-state index is 12.4. The number of nitrogens with one attached hydrogen (secondary N) is 1. The smallest absolute Gasteiger partial charge is 0.339 e. The van der Waals surface area contributed by atoms with E-state index < -0.39 is 5.97 Å². The van der Waals surface area contributed by atoms with Crippen molar-refractivity contribution in [2.24, 2.45) is 0 Å². The van der Waals surface area contributed by atoms with Gasteiger partial charge in [0, 0.05) is 5.56 Å². The maximum absolute atomic E-state index is 12.4. The van der Waals surface area contributed by atoms with E-state index in [4.69, 9.17) is 9.47 Å². The molecule has 2 rings (SSSR count). The number of hydrogen-bond acceptors (Lipinski definition) is 4. The molecule has 0 saturated heterocycles. The van der Waals surface area contributed by atoms with E-state index in [0.717, 1.165) is 12.8 Å². The number of unbranched alkanes of at least 4 members (excludes halogenated alkanes) is 1. The van der Waals surface area contributed by atoms with Gasteiger partial charge in [-0.15, -0.1) is 0 Å². The lowest BCUT2D eigenvalue weighted by Crippen LogP contribution is -2.15. The summed E-state index contributed by atoms with van der Waals surface area (Å²) in [5.74, 6) is -0.160. The number of para-hydroxylation sites is 1. The van der Waals surface area contributed by atoms with Gasteiger partial charge in [-0.1, -0.05) is 31.5 Å². The van der Waals surface area contributed by atoms with Gasteiger partial charge in [-0.2, -0.15) is 0 Å². The molecule has 24 heavy (non-hydrogen) atoms. The number of methoxy groups -OCH3 is 1. The number of carbonyl (C=O) groups excluding carboxylic acids is 2. The number of rotatable bonds is 7. The van der Waals surface area contributed by atoms with Crippen LogP contribution in [0.1, 0.15) is 40.5 Å². The number of esters is 1. The number of ether oxygens (including phenoxy) is 2. The summed E-state index contributed by atoms with van der Waals surface area (Å²) in [7, 11) is 1.30. The van der Waals surface area contributed by atoms with Crippen molar-refractivity contribution in [3.8, 4) is 5.75 Å². The molecule has 2 aromatic carbocycles. The highest BCUT2D eigenvalue weighted by Gasteiger charge is 2.14. The molecule has 0 aromatic heterocycles. The molecule has 126 valence electrons. The van der Waals surface area contributed by atoms with Crippen LogP contribution in [0.2, 0.25) is 0 Å². The summed E-state index contributed by atoms with van der Waals surface area (Å²) in [6.07, 6.45) is 2.01. The minimum atomic E-state index is -0.498. The molecule has 2 aromatic rings. The molecular formula is C19H21NO4. The van der Waals surface area contributed by atoms with Gasteiger partial charge in [0.1, 0.15) is 5.75 Å². The summed E-state index contributed by atoms with van der Waals surface area (Å²) in [4.78, 5) is 24.2. The maximum Gasteiger partial charge on any atom is 0.339 e. The molecule has 1 amide bonds. The average molecular weight is 327 g/mol. The minimum Gasteiger partial charge on any atom is -0.494 e. The third-order valence-electron chi connectivity index (χ3n) is 3.44. The van der Waals surface area contributed by atoms with Crippen LogP contribution < -0.4 is 10.1 Å². The minimum absolute atomic E-state index is 0.309. The van der Waals surface area contributed by atoms with Crippen LogP contribution in [0, 0.1) is 0 Å². The Morgan fingerprint density at radius 1 is 1.08 bits per heavy atom. The molecule has 5 heteroatoms. The van der Waals surface area contributed by atoms with Gasteiger partial charge >= 0.3 is 5.97 Å². The Kier molecular flexibility index (Phi) is 6.37. The number of anilines is 1. The van der Waals surface area contributed by atoms with E-state index in [1.165, 1.54) is 7.11 Å². The zero-order chi connectivity index (χ0) is 17.4. The van der Waals surface area contributed by atoms with Crippen LogP contribution in [0.4, 0.5) is 5.69 Å². The fourth-order valence-corrected chi connectivity index (χ4v) is 2.14. The van der Waals surface area contributed by atoms with Gasteiger partial charge in [0.15, 0.2) is 0 Å². The molecule has 0 radical (unpaired) electrons. The van der Waals surface area contributed by atoms with Gasteiger partial charge < -0.3 is 14.8 Å². The SMILES string of the molecule is CCCCOc1cccc(C(=O)Nc2ccccc2C(=O)OC)c1. The van der Waals surface area contributed by atoms with E-state index in [0.29, 0.717) is 29.2 Å². The Balaban J connectivity index is 2.13. The fraction of sp³-hybridized carbons (Fsp3) is 0.263. The third kappa shape index (κ3) is 4.59. The lowest BCUT2D eigenvalue weighted by molar-refractivity contribution is 0.0602. The van der Waals surface area contributed by atoms with Crippen molar-refractivity contribution in [3.63, 3.8) is 0 Å². The number of hydrogen-bond donors (Lipinski definition) is 1. The first-order valence-corrected chi connectivity index (χ1v) is 7.87. The van der Waals surface area contributed by atoms with Crippen LogP contribution in [0.3, 0.4) is 0 Å². The Bertz CT molecular complexity index is 712. The largest absolute Gasteiger partial charge is 0.494 e. The van der Waals surface area contributed by atoms with Crippen molar-refractivity contribution in [2.45, 2.75) is 19.8 Å². The van der Waals surface area contributed by atoms with Gasteiger partial charge in [0.2, 0.25) is 0 Å². The van der Waals surface area contributed by atoms with Gasteiger partial charge in [0.25, 0.3) is 5.91 Å². The molecule has 0 bridgehead atoms. The van der Waals surface area contributed by atoms with Crippen molar-refractivity contribution in [1.29, 1.82) is 0 Å². The number of benzene rings is 2. The van der Waals surface area contributed by atoms with Crippen molar-refractivity contribution < 1.29 is 19.1 Å². The molecule has 0 heterocycles.